The molecule has 1 aliphatic carbocycles. The van der Waals surface area contributed by atoms with Gasteiger partial charge in [-0.2, -0.15) is 0 Å². The highest BCUT2D eigenvalue weighted by molar-refractivity contribution is 5.76. The molecule has 0 saturated heterocycles. The highest BCUT2D eigenvalue weighted by Gasteiger charge is 2.23. The highest BCUT2D eigenvalue weighted by atomic mass is 16.5. The molecular weight excluding hydrogens is 224 g/mol. The van der Waals surface area contributed by atoms with Crippen molar-refractivity contribution in [1.29, 1.82) is 0 Å². The number of carbonyl (C=O) groups is 2. The monoisotopic (exact) mass is 244 g/mol. The number of carboxylic acid groups (broad SMARTS) is 1. The summed E-state index contributed by atoms with van der Waals surface area (Å²) in [5.41, 5.74) is 0. The summed E-state index contributed by atoms with van der Waals surface area (Å²) in [6.45, 7) is 1.39. The van der Waals surface area contributed by atoms with Gasteiger partial charge in [0.15, 0.2) is 0 Å². The van der Waals surface area contributed by atoms with Gasteiger partial charge in [0.2, 0.25) is 5.91 Å². The average molecular weight is 244 g/mol. The molecule has 0 bridgehead atoms. The van der Waals surface area contributed by atoms with Crippen LogP contribution in [0, 0.1) is 0 Å². The van der Waals surface area contributed by atoms with Gasteiger partial charge in [0.25, 0.3) is 0 Å². The maximum absolute atomic E-state index is 11.4. The van der Waals surface area contributed by atoms with Crippen molar-refractivity contribution in [3.63, 3.8) is 0 Å². The standard InChI is InChI=1S/C11H20N2O4/c1-17-7-6-13(8-11(15)16)5-4-10(14)12-9-2-3-9/h9H,2-8H2,1H3,(H,12,14)(H,15,16). The van der Waals surface area contributed by atoms with E-state index in [4.69, 9.17) is 9.84 Å². The van der Waals surface area contributed by atoms with Crippen LogP contribution < -0.4 is 5.32 Å². The second-order valence-corrected chi connectivity index (χ2v) is 4.25. The van der Waals surface area contributed by atoms with Crippen LogP contribution in [0.3, 0.4) is 0 Å². The minimum Gasteiger partial charge on any atom is -0.480 e. The molecule has 1 rings (SSSR count). The van der Waals surface area contributed by atoms with Crippen molar-refractivity contribution in [1.82, 2.24) is 10.2 Å². The van der Waals surface area contributed by atoms with Crippen molar-refractivity contribution >= 4 is 11.9 Å². The number of ether oxygens (including phenoxy) is 1. The molecule has 1 aliphatic rings. The van der Waals surface area contributed by atoms with Gasteiger partial charge in [-0.3, -0.25) is 14.5 Å². The predicted octanol–water partition coefficient (Wildman–Crippen LogP) is -0.312. The zero-order valence-electron chi connectivity index (χ0n) is 10.1. The summed E-state index contributed by atoms with van der Waals surface area (Å²) in [6, 6.07) is 0.356. The van der Waals surface area contributed by atoms with E-state index in [0.717, 1.165) is 12.8 Å². The maximum Gasteiger partial charge on any atom is 0.317 e. The van der Waals surface area contributed by atoms with Gasteiger partial charge in [0.05, 0.1) is 13.2 Å². The van der Waals surface area contributed by atoms with E-state index < -0.39 is 5.97 Å². The molecule has 0 aromatic carbocycles. The first-order chi connectivity index (χ1) is 8.11. The number of carboxylic acids is 1. The maximum atomic E-state index is 11.4. The Morgan fingerprint density at radius 1 is 1.41 bits per heavy atom. The third-order valence-corrected chi connectivity index (χ3v) is 2.57. The first-order valence-corrected chi connectivity index (χ1v) is 5.84. The molecule has 1 fully saturated rings. The quantitative estimate of drug-likeness (QED) is 0.581. The first-order valence-electron chi connectivity index (χ1n) is 5.84. The summed E-state index contributed by atoms with van der Waals surface area (Å²) < 4.78 is 4.90. The normalized spacial score (nSPS) is 14.9. The molecule has 0 radical (unpaired) electrons. The Balaban J connectivity index is 2.20. The molecule has 6 heteroatoms. The lowest BCUT2D eigenvalue weighted by Crippen LogP contribution is -2.36. The molecule has 1 amide bonds. The van der Waals surface area contributed by atoms with Crippen LogP contribution in [0.25, 0.3) is 0 Å². The Bertz CT molecular complexity index is 266. The highest BCUT2D eigenvalue weighted by Crippen LogP contribution is 2.18. The topological polar surface area (TPSA) is 78.9 Å². The average Bonchev–Trinajstić information content (AvgIpc) is 3.05. The molecule has 6 nitrogen and oxygen atoms in total. The van der Waals surface area contributed by atoms with E-state index in [1.807, 2.05) is 0 Å². The molecule has 0 atom stereocenters. The molecular formula is C11H20N2O4. The number of nitrogens with one attached hydrogen (secondary N) is 1. The summed E-state index contributed by atoms with van der Waals surface area (Å²) in [6.07, 6.45) is 2.47. The molecule has 0 aliphatic heterocycles. The third kappa shape index (κ3) is 6.91. The predicted molar refractivity (Wildman–Crippen MR) is 61.7 cm³/mol. The van der Waals surface area contributed by atoms with E-state index in [0.29, 0.717) is 32.2 Å². The third-order valence-electron chi connectivity index (χ3n) is 2.57. The van der Waals surface area contributed by atoms with Crippen molar-refractivity contribution in [2.24, 2.45) is 0 Å². The van der Waals surface area contributed by atoms with Crippen LogP contribution in [0.1, 0.15) is 19.3 Å². The smallest absolute Gasteiger partial charge is 0.317 e. The molecule has 0 heterocycles. The van der Waals surface area contributed by atoms with Crippen molar-refractivity contribution in [3.05, 3.63) is 0 Å². The van der Waals surface area contributed by atoms with Gasteiger partial charge in [-0.15, -0.1) is 0 Å². The van der Waals surface area contributed by atoms with E-state index >= 15 is 0 Å². The van der Waals surface area contributed by atoms with Crippen molar-refractivity contribution in [2.45, 2.75) is 25.3 Å². The number of rotatable bonds is 9. The van der Waals surface area contributed by atoms with Crippen LogP contribution in [0.5, 0.6) is 0 Å². The number of nitrogens with zero attached hydrogens (tertiary/aromatic N) is 1. The van der Waals surface area contributed by atoms with E-state index in [1.165, 1.54) is 0 Å². The van der Waals surface area contributed by atoms with Gasteiger partial charge < -0.3 is 15.2 Å². The van der Waals surface area contributed by atoms with E-state index in [1.54, 1.807) is 12.0 Å². The fourth-order valence-electron chi connectivity index (χ4n) is 1.47. The molecule has 0 spiro atoms. The lowest BCUT2D eigenvalue weighted by Gasteiger charge is -2.19. The number of hydrogen-bond acceptors (Lipinski definition) is 4. The van der Waals surface area contributed by atoms with Crippen LogP contribution in [0.15, 0.2) is 0 Å². The van der Waals surface area contributed by atoms with Gasteiger partial charge in [0.1, 0.15) is 0 Å². The summed E-state index contributed by atoms with van der Waals surface area (Å²) in [4.78, 5) is 23.8. The molecule has 98 valence electrons. The van der Waals surface area contributed by atoms with Crippen LogP contribution in [0.2, 0.25) is 0 Å². The van der Waals surface area contributed by atoms with Gasteiger partial charge >= 0.3 is 5.97 Å². The second-order valence-electron chi connectivity index (χ2n) is 4.25. The fourth-order valence-corrected chi connectivity index (χ4v) is 1.47. The van der Waals surface area contributed by atoms with E-state index in [9.17, 15) is 9.59 Å². The zero-order valence-corrected chi connectivity index (χ0v) is 10.1. The number of carbonyl (C=O) groups excluding carboxylic acids is 1. The number of methoxy groups -OCH3 is 1. The van der Waals surface area contributed by atoms with Crippen molar-refractivity contribution < 1.29 is 19.4 Å². The summed E-state index contributed by atoms with van der Waals surface area (Å²) in [5, 5.41) is 11.6. The minimum absolute atomic E-state index is 0.000283. The van der Waals surface area contributed by atoms with Crippen molar-refractivity contribution in [2.75, 3.05) is 33.4 Å². The Morgan fingerprint density at radius 3 is 2.65 bits per heavy atom. The Hall–Kier alpha value is -1.14. The Kier molecular flexibility index (Phi) is 5.93. The summed E-state index contributed by atoms with van der Waals surface area (Å²) in [5.74, 6) is -0.885. The van der Waals surface area contributed by atoms with E-state index in [2.05, 4.69) is 5.32 Å². The lowest BCUT2D eigenvalue weighted by atomic mass is 10.3. The largest absolute Gasteiger partial charge is 0.480 e. The minimum atomic E-state index is -0.885. The number of amides is 1. The van der Waals surface area contributed by atoms with Crippen LogP contribution >= 0.6 is 0 Å². The first kappa shape index (κ1) is 13.9. The molecule has 0 aromatic heterocycles. The lowest BCUT2D eigenvalue weighted by molar-refractivity contribution is -0.138. The van der Waals surface area contributed by atoms with Gasteiger partial charge in [0, 0.05) is 32.7 Å². The molecule has 0 aromatic rings. The molecule has 0 unspecified atom stereocenters. The second kappa shape index (κ2) is 7.24. The number of aliphatic carboxylic acids is 1. The Labute approximate surface area is 101 Å². The SMILES string of the molecule is COCCN(CCC(=O)NC1CC1)CC(=O)O. The van der Waals surface area contributed by atoms with E-state index in [-0.39, 0.29) is 12.5 Å². The van der Waals surface area contributed by atoms with Crippen molar-refractivity contribution in [3.8, 4) is 0 Å². The van der Waals surface area contributed by atoms with Crippen LogP contribution in [-0.4, -0.2) is 61.3 Å². The summed E-state index contributed by atoms with van der Waals surface area (Å²) >= 11 is 0. The Morgan fingerprint density at radius 2 is 2.12 bits per heavy atom. The van der Waals surface area contributed by atoms with Gasteiger partial charge in [-0.25, -0.2) is 0 Å². The number of hydrogen-bond donors (Lipinski definition) is 2. The van der Waals surface area contributed by atoms with Crippen LogP contribution in [-0.2, 0) is 14.3 Å². The fraction of sp³-hybridized carbons (Fsp3) is 0.818. The van der Waals surface area contributed by atoms with Gasteiger partial charge in [-0.05, 0) is 12.8 Å². The zero-order chi connectivity index (χ0) is 12.7. The molecule has 1 saturated carbocycles. The molecule has 17 heavy (non-hydrogen) atoms. The molecule has 2 N–H and O–H groups in total. The van der Waals surface area contributed by atoms with Crippen LogP contribution in [0.4, 0.5) is 0 Å². The summed E-state index contributed by atoms with van der Waals surface area (Å²) in [7, 11) is 1.57. The van der Waals surface area contributed by atoms with Gasteiger partial charge in [-0.1, -0.05) is 0 Å².